The number of nitrogens with two attached hydrogens (primary N) is 1. The number of carbonyl (C=O) groups excluding carboxylic acids is 1. The lowest BCUT2D eigenvalue weighted by molar-refractivity contribution is -0.119. The molecule has 1 aromatic heterocycles. The first kappa shape index (κ1) is 33.9. The maximum Gasteiger partial charge on any atom is 0.274 e. The Morgan fingerprint density at radius 2 is 1.87 bits per heavy atom. The lowest BCUT2D eigenvalue weighted by atomic mass is 9.88. The molecule has 1 amide bonds. The fourth-order valence-corrected chi connectivity index (χ4v) is 4.28. The van der Waals surface area contributed by atoms with Gasteiger partial charge in [-0.1, -0.05) is 43.0 Å². The summed E-state index contributed by atoms with van der Waals surface area (Å²) in [7, 11) is 0.500. The average Bonchev–Trinajstić information content (AvgIpc) is 2.94. The Balaban J connectivity index is 0.000000388. The van der Waals surface area contributed by atoms with E-state index in [1.807, 2.05) is 37.3 Å². The summed E-state index contributed by atoms with van der Waals surface area (Å²) in [4.78, 5) is 23.7. The van der Waals surface area contributed by atoms with Crippen molar-refractivity contribution in [2.24, 2.45) is 17.0 Å². The molecule has 10 heteroatoms. The number of pyridine rings is 1. The average molecular weight is 552 g/mol. The number of nitrogens with zero attached hydrogens (tertiary/aromatic N) is 4. The summed E-state index contributed by atoms with van der Waals surface area (Å²) >= 11 is 0. The monoisotopic (exact) mass is 551 g/mol. The highest BCUT2D eigenvalue weighted by Gasteiger charge is 2.24. The second-order valence-electron chi connectivity index (χ2n) is 9.54. The lowest BCUT2D eigenvalue weighted by Gasteiger charge is -2.30. The zero-order chi connectivity index (χ0) is 29.0. The molecule has 2 N–H and O–H groups in total. The van der Waals surface area contributed by atoms with Gasteiger partial charge in [-0.15, -0.1) is 0 Å². The van der Waals surface area contributed by atoms with Gasteiger partial charge in [0.1, 0.15) is 5.82 Å². The number of rotatable bonds is 10. The number of alkyl halides is 3. The maximum absolute atomic E-state index is 12.2. The van der Waals surface area contributed by atoms with Crippen molar-refractivity contribution in [1.82, 2.24) is 14.8 Å². The molecule has 7 nitrogen and oxygen atoms in total. The van der Waals surface area contributed by atoms with Crippen LogP contribution in [0.25, 0.3) is 0 Å². The van der Waals surface area contributed by atoms with Crippen LogP contribution in [0.3, 0.4) is 0 Å². The van der Waals surface area contributed by atoms with Crippen molar-refractivity contribution < 1.29 is 22.8 Å². The minimum atomic E-state index is -2.56. The minimum absolute atomic E-state index is 0.0524. The number of amides is 1. The third-order valence-corrected chi connectivity index (χ3v) is 6.49. The van der Waals surface area contributed by atoms with Crippen LogP contribution >= 0.6 is 0 Å². The van der Waals surface area contributed by atoms with Crippen LogP contribution in [0.15, 0.2) is 59.9 Å². The summed E-state index contributed by atoms with van der Waals surface area (Å²) in [5.74, 6) is 1.57. The number of allylic oxidation sites excluding steroid dienone is 5. The maximum atomic E-state index is 12.2. The second-order valence-corrected chi connectivity index (χ2v) is 9.54. The molecular weight excluding hydrogens is 507 g/mol. The molecule has 3 rings (SSSR count). The smallest absolute Gasteiger partial charge is 0.274 e. The van der Waals surface area contributed by atoms with Gasteiger partial charge in [-0.25, -0.2) is 13.8 Å². The summed E-state index contributed by atoms with van der Waals surface area (Å²) in [6.45, 7) is 12.1. The zero-order valence-electron chi connectivity index (χ0n) is 23.4. The Morgan fingerprint density at radius 1 is 1.21 bits per heavy atom. The summed E-state index contributed by atoms with van der Waals surface area (Å²) in [6.07, 6.45) is 11.4. The fourth-order valence-electron chi connectivity index (χ4n) is 4.28. The van der Waals surface area contributed by atoms with Gasteiger partial charge in [0.2, 0.25) is 6.41 Å². The van der Waals surface area contributed by atoms with Crippen LogP contribution in [0.4, 0.5) is 19.0 Å². The number of likely N-dealkylation sites (tertiary alicyclic amines) is 2. The van der Waals surface area contributed by atoms with Gasteiger partial charge in [-0.3, -0.25) is 14.1 Å². The van der Waals surface area contributed by atoms with Crippen molar-refractivity contribution >= 4 is 17.9 Å². The SMILES string of the molecule is C=C(/C=C\C=C/C)/C(=N\OCC(F)F)C1CCN(C=O)CC1.CC1CCN(Cc2ccnc(N)c2)CC1.CF. The highest BCUT2D eigenvalue weighted by molar-refractivity contribution is 6.03. The number of anilines is 1. The van der Waals surface area contributed by atoms with Crippen molar-refractivity contribution in [2.75, 3.05) is 45.7 Å². The summed E-state index contributed by atoms with van der Waals surface area (Å²) < 4.78 is 33.9. The first-order chi connectivity index (χ1) is 18.8. The van der Waals surface area contributed by atoms with E-state index in [1.54, 1.807) is 17.2 Å². The molecule has 0 atom stereocenters. The lowest BCUT2D eigenvalue weighted by Crippen LogP contribution is -2.35. The fraction of sp³-hybridized carbons (Fsp3) is 0.552. The molecule has 2 saturated heterocycles. The largest absolute Gasteiger partial charge is 0.389 e. The van der Waals surface area contributed by atoms with Crippen molar-refractivity contribution in [2.45, 2.75) is 52.5 Å². The van der Waals surface area contributed by atoms with Crippen LogP contribution < -0.4 is 5.73 Å². The van der Waals surface area contributed by atoms with Gasteiger partial charge in [0, 0.05) is 31.7 Å². The van der Waals surface area contributed by atoms with E-state index < -0.39 is 13.0 Å². The molecule has 1 aromatic rings. The Kier molecular flexibility index (Phi) is 17.3. The summed E-state index contributed by atoms with van der Waals surface area (Å²) in [6, 6.07) is 4.02. The Hall–Kier alpha value is -3.14. The molecule has 2 aliphatic rings. The van der Waals surface area contributed by atoms with Gasteiger partial charge in [-0.2, -0.15) is 0 Å². The van der Waals surface area contributed by atoms with Gasteiger partial charge in [0.05, 0.1) is 12.9 Å². The highest BCUT2D eigenvalue weighted by Crippen LogP contribution is 2.22. The third kappa shape index (κ3) is 14.0. The molecule has 2 fully saturated rings. The zero-order valence-corrected chi connectivity index (χ0v) is 23.4. The van der Waals surface area contributed by atoms with E-state index in [1.165, 1.54) is 31.5 Å². The number of halogens is 3. The summed E-state index contributed by atoms with van der Waals surface area (Å²) in [5, 5.41) is 3.87. The number of carbonyl (C=O) groups is 1. The van der Waals surface area contributed by atoms with Gasteiger partial charge in [-0.05, 0) is 74.9 Å². The molecule has 0 aliphatic carbocycles. The van der Waals surface area contributed by atoms with E-state index in [9.17, 15) is 18.0 Å². The van der Waals surface area contributed by atoms with Crippen molar-refractivity contribution in [3.63, 3.8) is 0 Å². The molecule has 0 aromatic carbocycles. The van der Waals surface area contributed by atoms with Crippen LogP contribution in [-0.4, -0.2) is 73.3 Å². The number of piperidine rings is 2. The predicted octanol–water partition coefficient (Wildman–Crippen LogP) is 5.66. The van der Waals surface area contributed by atoms with E-state index in [0.29, 0.717) is 50.2 Å². The molecule has 0 radical (unpaired) electrons. The second kappa shape index (κ2) is 19.9. The number of hydrogen-bond acceptors (Lipinski definition) is 6. The van der Waals surface area contributed by atoms with Crippen LogP contribution in [-0.2, 0) is 16.2 Å². The molecule has 0 bridgehead atoms. The van der Waals surface area contributed by atoms with Crippen LogP contribution in [0.1, 0.15) is 45.1 Å². The molecular formula is C29H44F3N5O2. The van der Waals surface area contributed by atoms with Crippen LogP contribution in [0.2, 0.25) is 0 Å². The predicted molar refractivity (Wildman–Crippen MR) is 152 cm³/mol. The standard InChI is InChI=1S/C16H22F2N2O2.C12H19N3.CH3F/c1-3-4-5-6-13(2)16(19-22-11-15(17)18)14-7-9-20(12-21)10-8-14;1-10-3-6-15(7-4-10)9-11-2-5-14-12(13)8-11;1-2/h3-6,12,14-15H,2,7-11H2,1H3;2,5,8,10H,3-4,6-7,9H2,1H3,(H2,13,14);1H3/b4-3-,6-5-,19-16+;;. The highest BCUT2D eigenvalue weighted by atomic mass is 19.3. The molecule has 3 heterocycles. The Bertz CT molecular complexity index is 923. The summed E-state index contributed by atoms with van der Waals surface area (Å²) in [5.41, 5.74) is 8.14. The molecule has 0 saturated carbocycles. The van der Waals surface area contributed by atoms with E-state index in [-0.39, 0.29) is 5.92 Å². The van der Waals surface area contributed by atoms with Crippen LogP contribution in [0, 0.1) is 11.8 Å². The van der Waals surface area contributed by atoms with Crippen molar-refractivity contribution in [3.8, 4) is 0 Å². The number of nitrogen functional groups attached to an aromatic ring is 1. The van der Waals surface area contributed by atoms with Gasteiger partial charge in [0.15, 0.2) is 6.61 Å². The number of oxime groups is 1. The quantitative estimate of drug-likeness (QED) is 0.176. The molecule has 39 heavy (non-hydrogen) atoms. The number of aromatic nitrogens is 1. The van der Waals surface area contributed by atoms with Gasteiger partial charge in [0.25, 0.3) is 6.43 Å². The molecule has 2 aliphatic heterocycles. The van der Waals surface area contributed by atoms with Gasteiger partial charge < -0.3 is 15.5 Å². The Labute approximate surface area is 231 Å². The molecule has 218 valence electrons. The first-order valence-corrected chi connectivity index (χ1v) is 13.3. The molecule has 0 unspecified atom stereocenters. The number of hydrogen-bond donors (Lipinski definition) is 1. The normalized spacial score (nSPS) is 17.5. The molecule has 0 spiro atoms. The Morgan fingerprint density at radius 3 is 2.44 bits per heavy atom. The van der Waals surface area contributed by atoms with E-state index in [4.69, 9.17) is 10.6 Å². The van der Waals surface area contributed by atoms with Gasteiger partial charge >= 0.3 is 0 Å². The third-order valence-electron chi connectivity index (χ3n) is 6.49. The van der Waals surface area contributed by atoms with Crippen molar-refractivity contribution in [3.05, 3.63) is 60.3 Å². The van der Waals surface area contributed by atoms with E-state index in [2.05, 4.69) is 28.5 Å². The van der Waals surface area contributed by atoms with Crippen molar-refractivity contribution in [1.29, 1.82) is 0 Å². The first-order valence-electron chi connectivity index (χ1n) is 13.3. The minimum Gasteiger partial charge on any atom is -0.389 e. The van der Waals surface area contributed by atoms with E-state index >= 15 is 0 Å². The van der Waals surface area contributed by atoms with E-state index in [0.717, 1.165) is 18.9 Å². The van der Waals surface area contributed by atoms with Crippen LogP contribution in [0.5, 0.6) is 0 Å². The topological polar surface area (TPSA) is 84.0 Å².